The fourth-order valence-corrected chi connectivity index (χ4v) is 3.09. The van der Waals surface area contributed by atoms with Gasteiger partial charge in [-0.3, -0.25) is 14.7 Å². The fourth-order valence-electron chi connectivity index (χ4n) is 1.92. The Hall–Kier alpha value is -1.28. The molecule has 20 heavy (non-hydrogen) atoms. The Morgan fingerprint density at radius 2 is 2.25 bits per heavy atom. The minimum atomic E-state index is -0.977. The maximum atomic E-state index is 11.4. The average molecular weight is 302 g/mol. The number of rotatable bonds is 8. The van der Waals surface area contributed by atoms with Gasteiger partial charge in [-0.2, -0.15) is 0 Å². The monoisotopic (exact) mass is 302 g/mol. The summed E-state index contributed by atoms with van der Waals surface area (Å²) < 4.78 is 1.53. The lowest BCUT2D eigenvalue weighted by Gasteiger charge is -2.28. The first kappa shape index (κ1) is 16.8. The first-order valence-corrected chi connectivity index (χ1v) is 7.57. The second kappa shape index (κ2) is 6.94. The average Bonchev–Trinajstić information content (AvgIpc) is 2.68. The Labute approximate surface area is 122 Å². The highest BCUT2D eigenvalue weighted by Crippen LogP contribution is 2.20. The lowest BCUT2D eigenvalue weighted by atomic mass is 9.98. The standard InChI is InChI=1S/C12H22N4O3S/c1-5-16-10(19)14-15-11(16)20-7-6-12(4,9(17)18)13-8(2)3/h8,13H,5-7H2,1-4H3,(H,14,19)(H,17,18). The predicted octanol–water partition coefficient (Wildman–Crippen LogP) is 0.915. The largest absolute Gasteiger partial charge is 0.480 e. The molecule has 0 bridgehead atoms. The van der Waals surface area contributed by atoms with E-state index in [1.54, 1.807) is 6.92 Å². The maximum absolute atomic E-state index is 11.4. The Bertz CT molecular complexity index is 511. The molecular weight excluding hydrogens is 280 g/mol. The van der Waals surface area contributed by atoms with Crippen LogP contribution < -0.4 is 11.0 Å². The predicted molar refractivity (Wildman–Crippen MR) is 78.2 cm³/mol. The zero-order chi connectivity index (χ0) is 15.3. The Kier molecular flexibility index (Phi) is 5.82. The molecule has 7 nitrogen and oxygen atoms in total. The van der Waals surface area contributed by atoms with Crippen molar-refractivity contribution >= 4 is 17.7 Å². The third kappa shape index (κ3) is 4.11. The van der Waals surface area contributed by atoms with Gasteiger partial charge in [0, 0.05) is 18.3 Å². The molecule has 1 aromatic rings. The van der Waals surface area contributed by atoms with E-state index in [0.717, 1.165) is 0 Å². The fraction of sp³-hybridized carbons (Fsp3) is 0.750. The highest BCUT2D eigenvalue weighted by atomic mass is 32.2. The van der Waals surface area contributed by atoms with Crippen LogP contribution in [0, 0.1) is 0 Å². The molecule has 0 saturated heterocycles. The molecule has 0 aliphatic carbocycles. The van der Waals surface area contributed by atoms with Crippen LogP contribution in [0.1, 0.15) is 34.1 Å². The molecule has 0 saturated carbocycles. The van der Waals surface area contributed by atoms with Crippen LogP contribution in [0.15, 0.2) is 9.95 Å². The van der Waals surface area contributed by atoms with Gasteiger partial charge in [-0.05, 0) is 34.1 Å². The number of nitrogens with zero attached hydrogens (tertiary/aromatic N) is 2. The molecule has 1 unspecified atom stereocenters. The normalized spacial score (nSPS) is 14.4. The molecule has 0 amide bonds. The van der Waals surface area contributed by atoms with Crippen LogP contribution in [0.3, 0.4) is 0 Å². The first-order chi connectivity index (χ1) is 9.30. The van der Waals surface area contributed by atoms with Gasteiger partial charge in [-0.15, -0.1) is 5.10 Å². The van der Waals surface area contributed by atoms with Crippen LogP contribution in [-0.4, -0.2) is 43.2 Å². The zero-order valence-electron chi connectivity index (χ0n) is 12.3. The highest BCUT2D eigenvalue weighted by Gasteiger charge is 2.33. The van der Waals surface area contributed by atoms with E-state index in [-0.39, 0.29) is 11.7 Å². The van der Waals surface area contributed by atoms with Gasteiger partial charge < -0.3 is 5.11 Å². The molecule has 0 radical (unpaired) electrons. The molecule has 0 aliphatic rings. The minimum Gasteiger partial charge on any atom is -0.480 e. The maximum Gasteiger partial charge on any atom is 0.343 e. The summed E-state index contributed by atoms with van der Waals surface area (Å²) in [5.41, 5.74) is -1.22. The first-order valence-electron chi connectivity index (χ1n) is 6.59. The molecular formula is C12H22N4O3S. The summed E-state index contributed by atoms with van der Waals surface area (Å²) in [6.45, 7) is 7.90. The van der Waals surface area contributed by atoms with E-state index in [2.05, 4.69) is 15.5 Å². The quantitative estimate of drug-likeness (QED) is 0.617. The number of carbonyl (C=O) groups is 1. The van der Waals surface area contributed by atoms with E-state index in [0.29, 0.717) is 23.9 Å². The van der Waals surface area contributed by atoms with Crippen molar-refractivity contribution in [3.05, 3.63) is 10.5 Å². The summed E-state index contributed by atoms with van der Waals surface area (Å²) in [6, 6.07) is 0.0836. The number of carboxylic acid groups (broad SMARTS) is 1. The van der Waals surface area contributed by atoms with E-state index in [4.69, 9.17) is 0 Å². The second-order valence-corrected chi connectivity index (χ2v) is 6.15. The van der Waals surface area contributed by atoms with Crippen molar-refractivity contribution in [2.45, 2.75) is 57.4 Å². The van der Waals surface area contributed by atoms with Crippen LogP contribution in [0.5, 0.6) is 0 Å². The Balaban J connectivity index is 2.65. The smallest absolute Gasteiger partial charge is 0.343 e. The van der Waals surface area contributed by atoms with Crippen LogP contribution in [0.25, 0.3) is 0 Å². The molecule has 8 heteroatoms. The van der Waals surface area contributed by atoms with Gasteiger partial charge in [-0.25, -0.2) is 9.89 Å². The van der Waals surface area contributed by atoms with Crippen molar-refractivity contribution in [2.24, 2.45) is 0 Å². The summed E-state index contributed by atoms with van der Waals surface area (Å²) in [4.78, 5) is 22.8. The van der Waals surface area contributed by atoms with Crippen molar-refractivity contribution < 1.29 is 9.90 Å². The molecule has 3 N–H and O–H groups in total. The molecule has 1 aromatic heterocycles. The highest BCUT2D eigenvalue weighted by molar-refractivity contribution is 7.99. The van der Waals surface area contributed by atoms with Crippen molar-refractivity contribution in [3.8, 4) is 0 Å². The lowest BCUT2D eigenvalue weighted by Crippen LogP contribution is -2.52. The van der Waals surface area contributed by atoms with Gasteiger partial charge >= 0.3 is 11.7 Å². The van der Waals surface area contributed by atoms with Crippen molar-refractivity contribution in [2.75, 3.05) is 5.75 Å². The van der Waals surface area contributed by atoms with Crippen LogP contribution in [0.4, 0.5) is 0 Å². The third-order valence-electron chi connectivity index (χ3n) is 2.95. The Morgan fingerprint density at radius 3 is 2.75 bits per heavy atom. The van der Waals surface area contributed by atoms with Crippen molar-refractivity contribution in [1.82, 2.24) is 20.1 Å². The number of H-pyrrole nitrogens is 1. The summed E-state index contributed by atoms with van der Waals surface area (Å²) in [6.07, 6.45) is 0.440. The number of aliphatic carboxylic acids is 1. The molecule has 1 atom stereocenters. The molecule has 114 valence electrons. The number of thioether (sulfide) groups is 1. The molecule has 1 heterocycles. The number of carboxylic acids is 1. The number of hydrogen-bond donors (Lipinski definition) is 3. The van der Waals surface area contributed by atoms with Crippen LogP contribution in [-0.2, 0) is 11.3 Å². The Morgan fingerprint density at radius 1 is 1.60 bits per heavy atom. The van der Waals surface area contributed by atoms with Gasteiger partial charge in [0.15, 0.2) is 5.16 Å². The number of nitrogens with one attached hydrogen (secondary N) is 2. The molecule has 0 fully saturated rings. The number of hydrogen-bond acceptors (Lipinski definition) is 5. The van der Waals surface area contributed by atoms with E-state index in [9.17, 15) is 14.7 Å². The van der Waals surface area contributed by atoms with Gasteiger partial charge in [0.2, 0.25) is 0 Å². The molecule has 1 rings (SSSR count). The molecule has 0 aliphatic heterocycles. The van der Waals surface area contributed by atoms with Gasteiger partial charge in [0.1, 0.15) is 5.54 Å². The van der Waals surface area contributed by atoms with Crippen LogP contribution >= 0.6 is 11.8 Å². The van der Waals surface area contributed by atoms with E-state index in [1.165, 1.54) is 16.3 Å². The van der Waals surface area contributed by atoms with E-state index < -0.39 is 11.5 Å². The summed E-state index contributed by atoms with van der Waals surface area (Å²) in [5.74, 6) is -0.311. The summed E-state index contributed by atoms with van der Waals surface area (Å²) in [5, 5.41) is 19.3. The van der Waals surface area contributed by atoms with Gasteiger partial charge in [0.05, 0.1) is 0 Å². The summed E-state index contributed by atoms with van der Waals surface area (Å²) >= 11 is 1.38. The third-order valence-corrected chi connectivity index (χ3v) is 3.93. The van der Waals surface area contributed by atoms with Crippen LogP contribution in [0.2, 0.25) is 0 Å². The lowest BCUT2D eigenvalue weighted by molar-refractivity contribution is -0.144. The van der Waals surface area contributed by atoms with Gasteiger partial charge in [-0.1, -0.05) is 11.8 Å². The minimum absolute atomic E-state index is 0.0836. The summed E-state index contributed by atoms with van der Waals surface area (Å²) in [7, 11) is 0. The van der Waals surface area contributed by atoms with Crippen molar-refractivity contribution in [1.29, 1.82) is 0 Å². The second-order valence-electron chi connectivity index (χ2n) is 5.09. The van der Waals surface area contributed by atoms with Gasteiger partial charge in [0.25, 0.3) is 0 Å². The number of aromatic nitrogens is 3. The topological polar surface area (TPSA) is 100 Å². The number of aromatic amines is 1. The SMILES string of the molecule is CCn1c(SCCC(C)(NC(C)C)C(=O)O)n[nH]c1=O. The van der Waals surface area contributed by atoms with E-state index in [1.807, 2.05) is 20.8 Å². The molecule has 0 spiro atoms. The zero-order valence-corrected chi connectivity index (χ0v) is 13.1. The van der Waals surface area contributed by atoms with E-state index >= 15 is 0 Å². The van der Waals surface area contributed by atoms with Crippen molar-refractivity contribution in [3.63, 3.8) is 0 Å². The molecule has 0 aromatic carbocycles.